The molecule has 0 saturated carbocycles. The first-order valence-electron chi connectivity index (χ1n) is 18.8. The minimum absolute atomic E-state index is 0.216. The average Bonchev–Trinajstić information content (AvgIpc) is 4.00. The first-order chi connectivity index (χ1) is 26.5. The lowest BCUT2D eigenvalue weighted by Gasteiger charge is -2.29. The second kappa shape index (κ2) is 15.6. The molecular weight excluding hydrogens is 777 g/mol. The molecule has 0 spiro atoms. The number of carbonyl (C=O) groups is 2. The highest BCUT2D eigenvalue weighted by Crippen LogP contribution is 2.39. The third kappa shape index (κ3) is 8.13. The number of nitrogens with one attached hydrogen (secondary N) is 4. The number of H-pyrrole nitrogens is 2. The second-order valence-corrected chi connectivity index (χ2v) is 19.7. The highest BCUT2D eigenvalue weighted by molar-refractivity contribution is 7.88. The van der Waals surface area contributed by atoms with Crippen LogP contribution in [0.5, 0.6) is 0 Å². The van der Waals surface area contributed by atoms with E-state index < -0.39 is 32.4 Å². The van der Waals surface area contributed by atoms with Gasteiger partial charge in [-0.3, -0.25) is 13.8 Å². The first-order valence-corrected chi connectivity index (χ1v) is 22.9. The van der Waals surface area contributed by atoms with E-state index in [1.165, 1.54) is 0 Å². The molecular formula is C38H48N8O7S3. The normalized spacial score (nSPS) is 19.2. The molecule has 0 radical (unpaired) electrons. The number of rotatable bonds is 13. The maximum absolute atomic E-state index is 13.7. The van der Waals surface area contributed by atoms with Gasteiger partial charge in [0.2, 0.25) is 21.8 Å². The van der Waals surface area contributed by atoms with Gasteiger partial charge in [0.25, 0.3) is 0 Å². The Hall–Kier alpha value is -4.20. The Morgan fingerprint density at radius 1 is 0.839 bits per heavy atom. The molecule has 3 aromatic heterocycles. The lowest BCUT2D eigenvalue weighted by atomic mass is 10.0. The third-order valence-electron chi connectivity index (χ3n) is 10.6. The largest absolute Gasteiger partial charge is 0.340 e. The Morgan fingerprint density at radius 2 is 1.46 bits per heavy atom. The summed E-state index contributed by atoms with van der Waals surface area (Å²) in [4.78, 5) is 49.3. The molecule has 2 aliphatic heterocycles. The number of hydrogen-bond acceptors (Lipinski definition) is 10. The highest BCUT2D eigenvalue weighted by Gasteiger charge is 2.39. The van der Waals surface area contributed by atoms with Crippen LogP contribution < -0.4 is 9.44 Å². The van der Waals surface area contributed by atoms with Crippen molar-refractivity contribution in [3.8, 4) is 21.0 Å². The molecule has 4 atom stereocenters. The highest BCUT2D eigenvalue weighted by atomic mass is 32.2. The van der Waals surface area contributed by atoms with Crippen LogP contribution >= 0.6 is 11.3 Å². The van der Waals surface area contributed by atoms with E-state index in [9.17, 15) is 26.4 Å². The Morgan fingerprint density at radius 3 is 2.09 bits per heavy atom. The molecule has 18 heteroatoms. The van der Waals surface area contributed by atoms with Gasteiger partial charge in [-0.05, 0) is 72.7 Å². The lowest BCUT2D eigenvalue weighted by molar-refractivity contribution is -0.135. The standard InChI is InChI=1S/C38H48N8O7S3/c1-21(2)32(43-55(6,49)50)37(47)45-17-7-9-28(45)35-39-20-27(41-35)31-16-15-30(54-31)24-11-13-25-23(19-24)12-14-26-34(25)42-36(40-26)29-10-8-18-46(29)38(48)33(22(3)4)44-56(51,52)53-5/h11-16,19-22,28-29,32-33,43-44H,7-10,17-18H2,1-6H3,(H,39,41)(H,40,42)/t28-,29-,32-,33-/m0/s1. The molecule has 300 valence electrons. The van der Waals surface area contributed by atoms with E-state index in [2.05, 4.69) is 58.9 Å². The maximum Gasteiger partial charge on any atom is 0.336 e. The first kappa shape index (κ1) is 40.0. The number of nitrogens with zero attached hydrogens (tertiary/aromatic N) is 4. The Balaban J connectivity index is 1.09. The van der Waals surface area contributed by atoms with E-state index in [1.807, 2.05) is 26.0 Å². The zero-order valence-corrected chi connectivity index (χ0v) is 34.6. The number of carbonyl (C=O) groups excluding carboxylic acids is 2. The summed E-state index contributed by atoms with van der Waals surface area (Å²) in [5.41, 5.74) is 3.53. The van der Waals surface area contributed by atoms with E-state index in [4.69, 9.17) is 4.98 Å². The van der Waals surface area contributed by atoms with Crippen LogP contribution in [0, 0.1) is 11.8 Å². The second-order valence-electron chi connectivity index (χ2n) is 15.3. The van der Waals surface area contributed by atoms with Crippen molar-refractivity contribution in [2.75, 3.05) is 26.5 Å². The summed E-state index contributed by atoms with van der Waals surface area (Å²) in [6.07, 6.45) is 5.85. The van der Waals surface area contributed by atoms with E-state index in [-0.39, 0.29) is 35.7 Å². The number of thiophene rings is 1. The number of aromatic nitrogens is 4. The van der Waals surface area contributed by atoms with Gasteiger partial charge in [-0.1, -0.05) is 45.9 Å². The summed E-state index contributed by atoms with van der Waals surface area (Å²) < 4.78 is 57.9. The third-order valence-corrected chi connectivity index (χ3v) is 13.5. The van der Waals surface area contributed by atoms with E-state index in [0.29, 0.717) is 31.2 Å². The number of sulfonamides is 1. The smallest absolute Gasteiger partial charge is 0.336 e. The van der Waals surface area contributed by atoms with Gasteiger partial charge in [0, 0.05) is 23.4 Å². The van der Waals surface area contributed by atoms with E-state index in [1.54, 1.807) is 41.2 Å². The van der Waals surface area contributed by atoms with Crippen LogP contribution in [-0.2, 0) is 34.1 Å². The van der Waals surface area contributed by atoms with Crippen molar-refractivity contribution < 1.29 is 30.6 Å². The number of fused-ring (bicyclic) bond motifs is 3. The number of imidazole rings is 2. The molecule has 0 aliphatic carbocycles. The van der Waals surface area contributed by atoms with Crippen LogP contribution in [0.15, 0.2) is 48.7 Å². The Kier molecular flexibility index (Phi) is 11.2. The fraction of sp³-hybridized carbons (Fsp3) is 0.474. The van der Waals surface area contributed by atoms with Gasteiger partial charge >= 0.3 is 10.3 Å². The van der Waals surface area contributed by atoms with Crippen molar-refractivity contribution in [2.45, 2.75) is 77.5 Å². The van der Waals surface area contributed by atoms with Crippen LogP contribution in [0.2, 0.25) is 0 Å². The average molecular weight is 825 g/mol. The van der Waals surface area contributed by atoms with Crippen LogP contribution in [0.3, 0.4) is 0 Å². The minimum atomic E-state index is -4.07. The van der Waals surface area contributed by atoms with Crippen molar-refractivity contribution in [1.29, 1.82) is 0 Å². The van der Waals surface area contributed by atoms with E-state index in [0.717, 1.165) is 75.4 Å². The summed E-state index contributed by atoms with van der Waals surface area (Å²) in [6, 6.07) is 12.0. The number of benzene rings is 2. The Labute approximate surface area is 330 Å². The molecule has 0 unspecified atom stereocenters. The van der Waals surface area contributed by atoms with Crippen LogP contribution in [0.1, 0.15) is 77.1 Å². The van der Waals surface area contributed by atoms with E-state index >= 15 is 0 Å². The maximum atomic E-state index is 13.7. The van der Waals surface area contributed by atoms with Crippen LogP contribution in [-0.4, -0.2) is 96.9 Å². The topological polar surface area (TPSA) is 200 Å². The monoisotopic (exact) mass is 824 g/mol. The molecule has 2 fully saturated rings. The predicted molar refractivity (Wildman–Crippen MR) is 216 cm³/mol. The molecule has 2 aliphatic rings. The minimum Gasteiger partial charge on any atom is -0.340 e. The van der Waals surface area contributed by atoms with Crippen molar-refractivity contribution in [1.82, 2.24) is 39.2 Å². The molecule has 2 amide bonds. The quantitative estimate of drug-likeness (QED) is 0.123. The van der Waals surface area contributed by atoms with Crippen LogP contribution in [0.25, 0.3) is 42.8 Å². The number of aromatic amines is 2. The summed E-state index contributed by atoms with van der Waals surface area (Å²) >= 11 is 1.62. The van der Waals surface area contributed by atoms with Crippen molar-refractivity contribution in [3.63, 3.8) is 0 Å². The van der Waals surface area contributed by atoms with Gasteiger partial charge in [0.15, 0.2) is 0 Å². The van der Waals surface area contributed by atoms with Crippen molar-refractivity contribution >= 4 is 65.3 Å². The summed E-state index contributed by atoms with van der Waals surface area (Å²) in [6.45, 7) is 8.27. The fourth-order valence-electron chi connectivity index (χ4n) is 7.77. The molecule has 2 saturated heterocycles. The number of amides is 2. The van der Waals surface area contributed by atoms with Crippen molar-refractivity contribution in [3.05, 3.63) is 60.3 Å². The van der Waals surface area contributed by atoms with Gasteiger partial charge < -0.3 is 19.8 Å². The Bertz CT molecular complexity index is 2490. The molecule has 0 bridgehead atoms. The summed E-state index contributed by atoms with van der Waals surface area (Å²) in [7, 11) is -6.58. The summed E-state index contributed by atoms with van der Waals surface area (Å²) in [5.74, 6) is 0.274. The van der Waals surface area contributed by atoms with Gasteiger partial charge in [0.1, 0.15) is 23.7 Å². The fourth-order valence-corrected chi connectivity index (χ4v) is 10.3. The zero-order valence-electron chi connectivity index (χ0n) is 32.2. The molecule has 5 aromatic rings. The number of hydrogen-bond donors (Lipinski definition) is 4. The number of likely N-dealkylation sites (tertiary alicyclic amines) is 2. The molecule has 56 heavy (non-hydrogen) atoms. The van der Waals surface area contributed by atoms with Crippen LogP contribution in [0.4, 0.5) is 0 Å². The van der Waals surface area contributed by atoms with Gasteiger partial charge in [-0.2, -0.15) is 13.1 Å². The van der Waals surface area contributed by atoms with Crippen molar-refractivity contribution in [2.24, 2.45) is 11.8 Å². The molecule has 15 nitrogen and oxygen atoms in total. The van der Waals surface area contributed by atoms with Gasteiger partial charge in [-0.25, -0.2) is 23.1 Å². The zero-order chi connectivity index (χ0) is 40.1. The summed E-state index contributed by atoms with van der Waals surface area (Å²) in [5, 5.41) is 1.98. The van der Waals surface area contributed by atoms with Gasteiger partial charge in [-0.15, -0.1) is 11.3 Å². The molecule has 5 heterocycles. The predicted octanol–water partition coefficient (Wildman–Crippen LogP) is 5.24. The molecule has 2 aromatic carbocycles. The SMILES string of the molecule is COS(=O)(=O)N[C@H](C(=O)N1CCC[C@H]1c1nc2c(ccc3cc(-c4ccc(-c5cnc([C@@H]6CCCN6C(=O)[C@@H](NS(C)(=O)=O)C(C)C)[nH]5)s4)ccc32)[nH]1)C(C)C. The molecule has 4 N–H and O–H groups in total. The van der Waals surface area contributed by atoms with Gasteiger partial charge in [0.05, 0.1) is 53.3 Å². The lowest BCUT2D eigenvalue weighted by Crippen LogP contribution is -2.51. The molecule has 7 rings (SSSR count).